The zero-order valence-corrected chi connectivity index (χ0v) is 14.7. The maximum absolute atomic E-state index is 12.9. The van der Waals surface area contributed by atoms with Crippen molar-refractivity contribution in [2.24, 2.45) is 0 Å². The number of benzene rings is 3. The van der Waals surface area contributed by atoms with Crippen molar-refractivity contribution in [1.29, 1.82) is 0 Å². The molecule has 0 saturated carbocycles. The number of sulfonamides is 1. The van der Waals surface area contributed by atoms with Crippen LogP contribution < -0.4 is 4.72 Å². The van der Waals surface area contributed by atoms with Gasteiger partial charge in [0.25, 0.3) is 10.0 Å². The van der Waals surface area contributed by atoms with Crippen LogP contribution in [0.2, 0.25) is 0 Å². The first-order chi connectivity index (χ1) is 12.5. The van der Waals surface area contributed by atoms with Crippen LogP contribution in [-0.2, 0) is 14.8 Å². The van der Waals surface area contributed by atoms with Crippen molar-refractivity contribution >= 4 is 32.5 Å². The van der Waals surface area contributed by atoms with E-state index < -0.39 is 16.0 Å². The molecule has 6 heteroatoms. The van der Waals surface area contributed by atoms with Crippen molar-refractivity contribution in [3.05, 3.63) is 84.9 Å². The highest BCUT2D eigenvalue weighted by atomic mass is 32.2. The van der Waals surface area contributed by atoms with E-state index in [0.29, 0.717) is 5.39 Å². The molecule has 0 aliphatic heterocycles. The van der Waals surface area contributed by atoms with Crippen LogP contribution in [-0.4, -0.2) is 21.0 Å². The van der Waals surface area contributed by atoms with Gasteiger partial charge in [-0.25, -0.2) is 13.2 Å². The van der Waals surface area contributed by atoms with Crippen LogP contribution in [0.4, 0.5) is 5.69 Å². The predicted octanol–water partition coefficient (Wildman–Crippen LogP) is 3.98. The van der Waals surface area contributed by atoms with E-state index in [4.69, 9.17) is 4.74 Å². The predicted molar refractivity (Wildman–Crippen MR) is 102 cm³/mol. The van der Waals surface area contributed by atoms with Crippen LogP contribution >= 0.6 is 0 Å². The molecule has 1 N–H and O–H groups in total. The van der Waals surface area contributed by atoms with Gasteiger partial charge in [-0.1, -0.05) is 61.2 Å². The van der Waals surface area contributed by atoms with Gasteiger partial charge in [-0.15, -0.1) is 0 Å². The summed E-state index contributed by atoms with van der Waals surface area (Å²) in [4.78, 5) is 12.3. The molecular formula is C20H17NO4S. The van der Waals surface area contributed by atoms with E-state index in [-0.39, 0.29) is 22.8 Å². The normalized spacial score (nSPS) is 11.1. The molecule has 0 unspecified atom stereocenters. The van der Waals surface area contributed by atoms with Crippen LogP contribution in [0.15, 0.2) is 84.3 Å². The molecule has 0 heterocycles. The Bertz CT molecular complexity index is 1070. The SMILES string of the molecule is C=CCOC(=O)c1ccccc1NS(=O)(=O)c1cccc2ccccc12. The van der Waals surface area contributed by atoms with E-state index in [1.165, 1.54) is 24.3 Å². The maximum Gasteiger partial charge on any atom is 0.340 e. The lowest BCUT2D eigenvalue weighted by Crippen LogP contribution is -2.16. The number of carbonyl (C=O) groups is 1. The zero-order chi connectivity index (χ0) is 18.6. The van der Waals surface area contributed by atoms with Crippen LogP contribution in [0, 0.1) is 0 Å². The minimum Gasteiger partial charge on any atom is -0.458 e. The fourth-order valence-electron chi connectivity index (χ4n) is 2.59. The number of fused-ring (bicyclic) bond motifs is 1. The van der Waals surface area contributed by atoms with Gasteiger partial charge in [0.15, 0.2) is 0 Å². The molecule has 0 spiro atoms. The molecule has 0 fully saturated rings. The molecule has 0 saturated heterocycles. The van der Waals surface area contributed by atoms with Crippen LogP contribution in [0.5, 0.6) is 0 Å². The molecule has 3 aromatic carbocycles. The summed E-state index contributed by atoms with van der Waals surface area (Å²) in [5.41, 5.74) is 0.299. The average molecular weight is 367 g/mol. The Hall–Kier alpha value is -3.12. The Morgan fingerprint density at radius 2 is 1.69 bits per heavy atom. The smallest absolute Gasteiger partial charge is 0.340 e. The Labute approximate surface area is 152 Å². The number of para-hydroxylation sites is 1. The summed E-state index contributed by atoms with van der Waals surface area (Å²) in [5.74, 6) is -0.624. The number of nitrogens with one attached hydrogen (secondary N) is 1. The molecule has 3 rings (SSSR count). The third-order valence-corrected chi connectivity index (χ3v) is 5.19. The highest BCUT2D eigenvalue weighted by Gasteiger charge is 2.21. The Balaban J connectivity index is 2.00. The summed E-state index contributed by atoms with van der Waals surface area (Å²) in [6.07, 6.45) is 1.45. The van der Waals surface area contributed by atoms with Gasteiger partial charge in [0.2, 0.25) is 0 Å². The lowest BCUT2D eigenvalue weighted by molar-refractivity contribution is 0.0551. The van der Waals surface area contributed by atoms with Crippen molar-refractivity contribution in [3.63, 3.8) is 0 Å². The van der Waals surface area contributed by atoms with Crippen LogP contribution in [0.3, 0.4) is 0 Å². The van der Waals surface area contributed by atoms with Crippen LogP contribution in [0.25, 0.3) is 10.8 Å². The summed E-state index contributed by atoms with van der Waals surface area (Å²) >= 11 is 0. The molecule has 0 aliphatic carbocycles. The Morgan fingerprint density at radius 3 is 2.50 bits per heavy atom. The van der Waals surface area contributed by atoms with Gasteiger partial charge in [0.1, 0.15) is 6.61 Å². The standard InChI is InChI=1S/C20H17NO4S/c1-2-14-25-20(22)17-11-5-6-12-18(17)21-26(23,24)19-13-7-9-15-8-3-4-10-16(15)19/h2-13,21H,1,14H2. The second-order valence-corrected chi connectivity index (χ2v) is 7.17. The van der Waals surface area contributed by atoms with E-state index in [9.17, 15) is 13.2 Å². The number of rotatable bonds is 6. The highest BCUT2D eigenvalue weighted by Crippen LogP contribution is 2.26. The largest absolute Gasteiger partial charge is 0.458 e. The van der Waals surface area contributed by atoms with Gasteiger partial charge in [-0.05, 0) is 23.6 Å². The maximum atomic E-state index is 12.9. The summed E-state index contributed by atoms with van der Waals surface area (Å²) in [7, 11) is -3.89. The lowest BCUT2D eigenvalue weighted by atomic mass is 10.1. The summed E-state index contributed by atoms with van der Waals surface area (Å²) in [5, 5.41) is 1.42. The van der Waals surface area contributed by atoms with Gasteiger partial charge in [0, 0.05) is 5.39 Å². The first-order valence-corrected chi connectivity index (χ1v) is 9.39. The number of ether oxygens (including phenoxy) is 1. The molecular weight excluding hydrogens is 350 g/mol. The second kappa shape index (κ2) is 7.41. The summed E-state index contributed by atoms with van der Waals surface area (Å²) < 4.78 is 33.4. The van der Waals surface area contributed by atoms with Crippen molar-refractivity contribution in [2.75, 3.05) is 11.3 Å². The quantitative estimate of drug-likeness (QED) is 0.528. The second-order valence-electron chi connectivity index (χ2n) is 5.52. The summed E-state index contributed by atoms with van der Waals surface area (Å²) in [6.45, 7) is 3.53. The van der Waals surface area contributed by atoms with Gasteiger partial charge in [-0.3, -0.25) is 4.72 Å². The van der Waals surface area contributed by atoms with E-state index in [0.717, 1.165) is 5.39 Å². The number of hydrogen-bond acceptors (Lipinski definition) is 4. The van der Waals surface area contributed by atoms with E-state index >= 15 is 0 Å². The number of anilines is 1. The van der Waals surface area contributed by atoms with E-state index in [1.807, 2.05) is 18.2 Å². The van der Waals surface area contributed by atoms with Crippen molar-refractivity contribution in [2.45, 2.75) is 4.90 Å². The fourth-order valence-corrected chi connectivity index (χ4v) is 3.90. The average Bonchev–Trinajstić information content (AvgIpc) is 2.65. The third kappa shape index (κ3) is 3.60. The number of hydrogen-bond donors (Lipinski definition) is 1. The first-order valence-electron chi connectivity index (χ1n) is 7.90. The van der Waals surface area contributed by atoms with E-state index in [1.54, 1.807) is 30.3 Å². The lowest BCUT2D eigenvalue weighted by Gasteiger charge is -2.13. The third-order valence-electron chi connectivity index (χ3n) is 3.76. The monoisotopic (exact) mass is 367 g/mol. The van der Waals surface area contributed by atoms with E-state index in [2.05, 4.69) is 11.3 Å². The van der Waals surface area contributed by atoms with Gasteiger partial charge >= 0.3 is 5.97 Å². The van der Waals surface area contributed by atoms with Crippen molar-refractivity contribution in [1.82, 2.24) is 0 Å². The molecule has 0 aliphatic rings. The minimum absolute atomic E-state index is 0.0449. The van der Waals surface area contributed by atoms with Gasteiger partial charge < -0.3 is 4.74 Å². The topological polar surface area (TPSA) is 72.5 Å². The summed E-state index contributed by atoms with van der Waals surface area (Å²) in [6, 6.07) is 18.6. The minimum atomic E-state index is -3.89. The number of esters is 1. The molecule has 5 nitrogen and oxygen atoms in total. The molecule has 132 valence electrons. The fraction of sp³-hybridized carbons (Fsp3) is 0.0500. The molecule has 0 atom stereocenters. The highest BCUT2D eigenvalue weighted by molar-refractivity contribution is 7.93. The van der Waals surface area contributed by atoms with Crippen molar-refractivity contribution in [3.8, 4) is 0 Å². The first kappa shape index (κ1) is 17.7. The van der Waals surface area contributed by atoms with Gasteiger partial charge in [-0.2, -0.15) is 0 Å². The molecule has 3 aromatic rings. The molecule has 0 amide bonds. The van der Waals surface area contributed by atoms with Gasteiger partial charge in [0.05, 0.1) is 16.1 Å². The molecule has 0 radical (unpaired) electrons. The molecule has 0 bridgehead atoms. The Morgan fingerprint density at radius 1 is 1.00 bits per heavy atom. The zero-order valence-electron chi connectivity index (χ0n) is 13.9. The number of carbonyl (C=O) groups excluding carboxylic acids is 1. The van der Waals surface area contributed by atoms with Crippen LogP contribution in [0.1, 0.15) is 10.4 Å². The van der Waals surface area contributed by atoms with Crippen molar-refractivity contribution < 1.29 is 17.9 Å². The molecule has 26 heavy (non-hydrogen) atoms. The molecule has 0 aromatic heterocycles. The Kier molecular flexibility index (Phi) is 5.04.